The monoisotopic (exact) mass is 522 g/mol. The van der Waals surface area contributed by atoms with Crippen molar-refractivity contribution < 1.29 is 9.13 Å². The highest BCUT2D eigenvalue weighted by Gasteiger charge is 2.27. The predicted molar refractivity (Wildman–Crippen MR) is 155 cm³/mol. The third kappa shape index (κ3) is 5.61. The van der Waals surface area contributed by atoms with E-state index in [-0.39, 0.29) is 29.3 Å². The van der Waals surface area contributed by atoms with Crippen molar-refractivity contribution in [2.75, 3.05) is 5.32 Å². The van der Waals surface area contributed by atoms with Crippen molar-refractivity contribution in [3.63, 3.8) is 0 Å². The SMILES string of the molecule is C[C@@H](NC(c1ccc(F)cc1)c1cccc(Nc2c(OC(C)(C)C)c(=O)c2=O)c1)c1cccc2ccccc12. The van der Waals surface area contributed by atoms with Crippen LogP contribution in [-0.4, -0.2) is 5.60 Å². The molecule has 0 amide bonds. The summed E-state index contributed by atoms with van der Waals surface area (Å²) in [5, 5.41) is 9.15. The second-order valence-corrected chi connectivity index (χ2v) is 10.8. The van der Waals surface area contributed by atoms with Gasteiger partial charge in [-0.15, -0.1) is 0 Å². The molecule has 5 aromatic carbocycles. The van der Waals surface area contributed by atoms with Gasteiger partial charge in [0, 0.05) is 11.7 Å². The average molecular weight is 523 g/mol. The molecule has 0 fully saturated rings. The summed E-state index contributed by atoms with van der Waals surface area (Å²) in [5.41, 5.74) is 1.92. The summed E-state index contributed by atoms with van der Waals surface area (Å²) < 4.78 is 19.6. The number of halogens is 1. The lowest BCUT2D eigenvalue weighted by Crippen LogP contribution is -2.39. The summed E-state index contributed by atoms with van der Waals surface area (Å²) >= 11 is 0. The highest BCUT2D eigenvalue weighted by atomic mass is 19.1. The van der Waals surface area contributed by atoms with E-state index in [4.69, 9.17) is 4.74 Å². The Hall–Kier alpha value is -4.29. The first-order valence-corrected chi connectivity index (χ1v) is 13.0. The molecule has 0 saturated heterocycles. The van der Waals surface area contributed by atoms with E-state index in [1.807, 2.05) is 57.2 Å². The molecule has 2 atom stereocenters. The molecule has 1 unspecified atom stereocenters. The highest BCUT2D eigenvalue weighted by Crippen LogP contribution is 2.32. The number of hydrogen-bond donors (Lipinski definition) is 2. The zero-order valence-electron chi connectivity index (χ0n) is 22.4. The second-order valence-electron chi connectivity index (χ2n) is 10.8. The van der Waals surface area contributed by atoms with Crippen LogP contribution in [0.1, 0.15) is 56.5 Å². The van der Waals surface area contributed by atoms with Crippen LogP contribution in [0.5, 0.6) is 5.75 Å². The number of hydrogen-bond acceptors (Lipinski definition) is 5. The van der Waals surface area contributed by atoms with Crippen LogP contribution in [0.4, 0.5) is 15.8 Å². The maximum absolute atomic E-state index is 13.8. The fourth-order valence-electron chi connectivity index (χ4n) is 4.84. The van der Waals surface area contributed by atoms with E-state index >= 15 is 0 Å². The van der Waals surface area contributed by atoms with Crippen LogP contribution in [0, 0.1) is 5.82 Å². The number of nitrogens with one attached hydrogen (secondary N) is 2. The Morgan fingerprint density at radius 1 is 0.795 bits per heavy atom. The number of anilines is 2. The summed E-state index contributed by atoms with van der Waals surface area (Å²) in [5.74, 6) is -0.253. The molecule has 5 aromatic rings. The van der Waals surface area contributed by atoms with Gasteiger partial charge < -0.3 is 10.1 Å². The quantitative estimate of drug-likeness (QED) is 0.216. The van der Waals surface area contributed by atoms with Crippen LogP contribution in [0.3, 0.4) is 0 Å². The molecule has 0 spiro atoms. The van der Waals surface area contributed by atoms with Crippen molar-refractivity contribution in [3.8, 4) is 5.75 Å². The van der Waals surface area contributed by atoms with Gasteiger partial charge in [-0.05, 0) is 79.4 Å². The Kier molecular flexibility index (Phi) is 7.06. The van der Waals surface area contributed by atoms with Gasteiger partial charge in [0.25, 0.3) is 10.9 Å². The van der Waals surface area contributed by atoms with E-state index in [2.05, 4.69) is 47.9 Å². The predicted octanol–water partition coefficient (Wildman–Crippen LogP) is 6.94. The van der Waals surface area contributed by atoms with Crippen LogP contribution in [0.2, 0.25) is 0 Å². The maximum atomic E-state index is 13.8. The summed E-state index contributed by atoms with van der Waals surface area (Å²) in [4.78, 5) is 24.5. The molecule has 0 bridgehead atoms. The first kappa shape index (κ1) is 26.3. The van der Waals surface area contributed by atoms with Gasteiger partial charge in [-0.3, -0.25) is 14.9 Å². The number of ether oxygens (including phenoxy) is 1. The van der Waals surface area contributed by atoms with Crippen molar-refractivity contribution in [1.82, 2.24) is 5.32 Å². The molecule has 0 saturated carbocycles. The molecule has 0 radical (unpaired) electrons. The summed E-state index contributed by atoms with van der Waals surface area (Å²) in [6.45, 7) is 7.58. The van der Waals surface area contributed by atoms with Crippen LogP contribution in [0.15, 0.2) is 101 Å². The molecule has 0 aliphatic carbocycles. The van der Waals surface area contributed by atoms with Gasteiger partial charge in [-0.25, -0.2) is 4.39 Å². The molecule has 2 N–H and O–H groups in total. The van der Waals surface area contributed by atoms with Gasteiger partial charge in [0.15, 0.2) is 5.75 Å². The molecule has 5 nitrogen and oxygen atoms in total. The molecule has 0 heterocycles. The first-order chi connectivity index (χ1) is 18.6. The first-order valence-electron chi connectivity index (χ1n) is 13.0. The standard InChI is InChI=1S/C33H31FN2O3/c1-20(26-14-8-10-21-9-5-6-13-27(21)26)35-28(22-15-17-24(34)18-16-22)23-11-7-12-25(19-23)36-29-30(37)31(38)32(29)39-33(2,3)4/h5-20,28,35-36H,1-4H3/t20-,28?/m1/s1. The smallest absolute Gasteiger partial charge is 0.272 e. The highest BCUT2D eigenvalue weighted by molar-refractivity contribution is 5.86. The molecule has 39 heavy (non-hydrogen) atoms. The fraction of sp³-hybridized carbons (Fsp3) is 0.212. The molecule has 0 aliphatic heterocycles. The lowest BCUT2D eigenvalue weighted by Gasteiger charge is -2.26. The van der Waals surface area contributed by atoms with Crippen molar-refractivity contribution in [3.05, 3.63) is 134 Å². The van der Waals surface area contributed by atoms with Crippen molar-refractivity contribution in [2.45, 2.75) is 45.4 Å². The zero-order valence-corrected chi connectivity index (χ0v) is 22.4. The van der Waals surface area contributed by atoms with Crippen molar-refractivity contribution in [1.29, 1.82) is 0 Å². The minimum atomic E-state index is -0.627. The zero-order chi connectivity index (χ0) is 27.7. The van der Waals surface area contributed by atoms with E-state index in [9.17, 15) is 14.0 Å². The number of benzene rings is 4. The second kappa shape index (κ2) is 10.5. The molecular weight excluding hydrogens is 491 g/mol. The Morgan fingerprint density at radius 2 is 1.49 bits per heavy atom. The largest absolute Gasteiger partial charge is 0.482 e. The number of fused-ring (bicyclic) bond motifs is 1. The van der Waals surface area contributed by atoms with Crippen molar-refractivity contribution >= 4 is 22.1 Å². The summed E-state index contributed by atoms with van der Waals surface area (Å²) in [7, 11) is 0. The lowest BCUT2D eigenvalue weighted by atomic mass is 9.94. The Balaban J connectivity index is 1.49. The topological polar surface area (TPSA) is 67.4 Å². The van der Waals surface area contributed by atoms with Crippen molar-refractivity contribution in [2.24, 2.45) is 0 Å². The van der Waals surface area contributed by atoms with Crippen LogP contribution in [-0.2, 0) is 0 Å². The Bertz CT molecular complexity index is 1690. The van der Waals surface area contributed by atoms with E-state index in [0.717, 1.165) is 22.1 Å². The average Bonchev–Trinajstić information content (AvgIpc) is 2.93. The van der Waals surface area contributed by atoms with Gasteiger partial charge in [-0.2, -0.15) is 0 Å². The minimum absolute atomic E-state index is 0.0388. The van der Waals surface area contributed by atoms with E-state index in [1.54, 1.807) is 12.1 Å². The molecule has 0 aromatic heterocycles. The summed E-state index contributed by atoms with van der Waals surface area (Å²) in [6.07, 6.45) is 0. The van der Waals surface area contributed by atoms with Gasteiger partial charge in [0.05, 0.1) is 6.04 Å². The van der Waals surface area contributed by atoms with Gasteiger partial charge in [0.1, 0.15) is 17.1 Å². The van der Waals surface area contributed by atoms with Gasteiger partial charge in [-0.1, -0.05) is 66.7 Å². The van der Waals surface area contributed by atoms with E-state index in [1.165, 1.54) is 17.5 Å². The third-order valence-corrected chi connectivity index (χ3v) is 6.67. The molecule has 5 rings (SSSR count). The number of rotatable bonds is 8. The van der Waals surface area contributed by atoms with Crippen LogP contribution in [0.25, 0.3) is 10.8 Å². The normalized spacial score (nSPS) is 13.4. The van der Waals surface area contributed by atoms with E-state index in [0.29, 0.717) is 5.69 Å². The molecule has 0 aliphatic rings. The maximum Gasteiger partial charge on any atom is 0.272 e. The summed E-state index contributed by atoms with van der Waals surface area (Å²) in [6, 6.07) is 28.3. The third-order valence-electron chi connectivity index (χ3n) is 6.67. The Morgan fingerprint density at radius 3 is 2.23 bits per heavy atom. The molecular formula is C33H31FN2O3. The van der Waals surface area contributed by atoms with Gasteiger partial charge >= 0.3 is 0 Å². The lowest BCUT2D eigenvalue weighted by molar-refractivity contribution is 0.128. The molecule has 6 heteroatoms. The molecule has 198 valence electrons. The van der Waals surface area contributed by atoms with Crippen LogP contribution >= 0.6 is 0 Å². The van der Waals surface area contributed by atoms with Crippen LogP contribution < -0.4 is 26.2 Å². The van der Waals surface area contributed by atoms with E-state index < -0.39 is 16.5 Å². The Labute approximate surface area is 227 Å². The fourth-order valence-corrected chi connectivity index (χ4v) is 4.84. The minimum Gasteiger partial charge on any atom is -0.482 e. The van der Waals surface area contributed by atoms with Gasteiger partial charge in [0.2, 0.25) is 0 Å².